The van der Waals surface area contributed by atoms with Crippen molar-refractivity contribution in [2.75, 3.05) is 0 Å². The zero-order valence-corrected chi connectivity index (χ0v) is 68.7. The van der Waals surface area contributed by atoms with Crippen LogP contribution in [0, 0.1) is 0 Å². The third-order valence-electron chi connectivity index (χ3n) is 18.2. The molecule has 0 aromatic rings. The molecule has 0 N–H and O–H groups in total. The summed E-state index contributed by atoms with van der Waals surface area (Å²) in [4.78, 5) is 51.1. The van der Waals surface area contributed by atoms with Crippen molar-refractivity contribution < 1.29 is 68.1 Å². The Hall–Kier alpha value is -3.37. The molecule has 0 saturated carbocycles. The molecule has 1 radical (unpaired) electrons. The fourth-order valence-electron chi connectivity index (χ4n) is 11.7. The number of carboxylic acids is 5. The van der Waals surface area contributed by atoms with Gasteiger partial charge in [-0.05, 0) is 193 Å². The van der Waals surface area contributed by atoms with Crippen LogP contribution in [-0.2, 0) is 42.5 Å². The number of aliphatic carboxylic acids is 5. The predicted molar refractivity (Wildman–Crippen MR) is 422 cm³/mol. The Bertz CT molecular complexity index is 1470. The predicted octanol–water partition coefficient (Wildman–Crippen LogP) is 23.9. The van der Waals surface area contributed by atoms with Crippen LogP contribution in [0.1, 0.15) is 484 Å². The molecule has 0 aliphatic rings. The van der Waals surface area contributed by atoms with Gasteiger partial charge in [-0.1, -0.05) is 352 Å². The molecular formula is C90H165O10V-5. The summed E-state index contributed by atoms with van der Waals surface area (Å²) in [5, 5.41) is 51.1. The zero-order chi connectivity index (χ0) is 74.5. The first-order chi connectivity index (χ1) is 48.9. The Labute approximate surface area is 639 Å². The Kier molecular flexibility index (Phi) is 113. The van der Waals surface area contributed by atoms with E-state index in [1.165, 1.54) is 321 Å². The average Bonchev–Trinajstić information content (AvgIpc) is 3.67. The van der Waals surface area contributed by atoms with Gasteiger partial charge in [0, 0.05) is 48.4 Å². The molecule has 0 bridgehead atoms. The van der Waals surface area contributed by atoms with Gasteiger partial charge < -0.3 is 49.5 Å². The number of unbranched alkanes of at least 4 members (excludes halogenated alkanes) is 55. The van der Waals surface area contributed by atoms with Crippen molar-refractivity contribution >= 4 is 29.8 Å². The van der Waals surface area contributed by atoms with Crippen molar-refractivity contribution in [3.05, 3.63) is 60.8 Å². The molecule has 0 spiro atoms. The number of allylic oxidation sites excluding steroid dienone is 10. The van der Waals surface area contributed by atoms with Gasteiger partial charge in [-0.25, -0.2) is 0 Å². The summed E-state index contributed by atoms with van der Waals surface area (Å²) in [6.45, 7) is 11.3. The summed E-state index contributed by atoms with van der Waals surface area (Å²) in [5.74, 6) is -4.57. The molecule has 101 heavy (non-hydrogen) atoms. The van der Waals surface area contributed by atoms with Crippen LogP contribution >= 0.6 is 0 Å². The van der Waals surface area contributed by atoms with Crippen LogP contribution in [0.25, 0.3) is 0 Å². The van der Waals surface area contributed by atoms with Gasteiger partial charge in [-0.2, -0.15) is 0 Å². The number of carboxylic acid groups (broad SMARTS) is 5. The minimum Gasteiger partial charge on any atom is -0.550 e. The van der Waals surface area contributed by atoms with Crippen LogP contribution in [0.5, 0.6) is 0 Å². The van der Waals surface area contributed by atoms with E-state index < -0.39 is 29.8 Å². The minimum absolute atomic E-state index is 0. The average molecular weight is 1460 g/mol. The molecule has 0 heterocycles. The molecule has 10 nitrogen and oxygen atoms in total. The normalized spacial score (nSPS) is 11.1. The molecule has 0 rings (SSSR count). The van der Waals surface area contributed by atoms with Gasteiger partial charge >= 0.3 is 0 Å². The maximum absolute atomic E-state index is 10.2. The second-order valence-electron chi connectivity index (χ2n) is 28.5. The molecule has 11 heteroatoms. The SMILES string of the molecule is CCCCCCCCC=CCCCCCCCC(=O)[O-].CCCCCCCCC=CCCCCCCCC(=O)[O-].CCCCCCCCC=CCCCCCCCC(=O)[O-].CCCCCCCCC=CCCCCCCCC(=O)[O-].CCCCCCCCC=CCCCCCCCC(=O)[O-].[V]. The third-order valence-corrected chi connectivity index (χ3v) is 18.2. The largest absolute Gasteiger partial charge is 0.550 e. The van der Waals surface area contributed by atoms with Crippen molar-refractivity contribution in [3.8, 4) is 0 Å². The van der Waals surface area contributed by atoms with Gasteiger partial charge in [0.05, 0.1) is 0 Å². The summed E-state index contributed by atoms with van der Waals surface area (Å²) >= 11 is 0. The fraction of sp³-hybridized carbons (Fsp3) is 0.833. The van der Waals surface area contributed by atoms with Crippen LogP contribution in [0.15, 0.2) is 60.8 Å². The number of carbonyl (C=O) groups excluding carboxylic acids is 5. The molecule has 0 aromatic heterocycles. The molecular weight excluding hydrogens is 1290 g/mol. The van der Waals surface area contributed by atoms with Crippen molar-refractivity contribution in [2.45, 2.75) is 484 Å². The Morgan fingerprint density at radius 2 is 0.248 bits per heavy atom. The van der Waals surface area contributed by atoms with E-state index in [0.29, 0.717) is 0 Å². The molecule has 0 aliphatic heterocycles. The van der Waals surface area contributed by atoms with Gasteiger partial charge in [0.25, 0.3) is 0 Å². The second-order valence-corrected chi connectivity index (χ2v) is 28.5. The number of carbonyl (C=O) groups is 5. The molecule has 0 unspecified atom stereocenters. The summed E-state index contributed by atoms with van der Waals surface area (Å²) < 4.78 is 0. The second kappa shape index (κ2) is 105. The van der Waals surface area contributed by atoms with E-state index >= 15 is 0 Å². The molecule has 0 fully saturated rings. The number of hydrogen-bond donors (Lipinski definition) is 0. The molecule has 0 amide bonds. The van der Waals surface area contributed by atoms with Gasteiger partial charge in [0.1, 0.15) is 0 Å². The van der Waals surface area contributed by atoms with Gasteiger partial charge in [0.15, 0.2) is 0 Å². The Morgan fingerprint density at radius 3 is 0.347 bits per heavy atom. The van der Waals surface area contributed by atoms with Crippen molar-refractivity contribution in [2.24, 2.45) is 0 Å². The number of rotatable bonds is 75. The van der Waals surface area contributed by atoms with Crippen molar-refractivity contribution in [1.29, 1.82) is 0 Å². The maximum Gasteiger partial charge on any atom is 0.0414 e. The van der Waals surface area contributed by atoms with E-state index in [0.717, 1.165) is 96.3 Å². The zero-order valence-electron chi connectivity index (χ0n) is 67.3. The standard InChI is InChI=1S/5C18H34O2.V/c5*1-2-3-4-5-6-7-8-9-10-11-12-13-14-15-16-17-18(19)20;/h5*9-10H,2-8,11-17H2,1H3,(H,19,20);/p-5. The smallest absolute Gasteiger partial charge is 0.0414 e. The van der Waals surface area contributed by atoms with Crippen LogP contribution in [0.2, 0.25) is 0 Å². The molecule has 595 valence electrons. The van der Waals surface area contributed by atoms with E-state index in [1.807, 2.05) is 0 Å². The fourth-order valence-corrected chi connectivity index (χ4v) is 11.7. The maximum atomic E-state index is 10.2. The quantitative estimate of drug-likeness (QED) is 0.0417. The molecule has 0 atom stereocenters. The van der Waals surface area contributed by atoms with Crippen LogP contribution in [-0.4, -0.2) is 29.8 Å². The topological polar surface area (TPSA) is 201 Å². The molecule has 0 saturated heterocycles. The minimum atomic E-state index is -0.914. The van der Waals surface area contributed by atoms with Crippen LogP contribution < -0.4 is 25.5 Å². The molecule has 0 aromatic carbocycles. The molecule has 0 aliphatic carbocycles. The Morgan fingerprint density at radius 1 is 0.158 bits per heavy atom. The van der Waals surface area contributed by atoms with Gasteiger partial charge in [-0.3, -0.25) is 0 Å². The van der Waals surface area contributed by atoms with Crippen LogP contribution in [0.4, 0.5) is 0 Å². The summed E-state index contributed by atoms with van der Waals surface area (Å²) in [5.41, 5.74) is 0. The van der Waals surface area contributed by atoms with Gasteiger partial charge in [-0.15, -0.1) is 0 Å². The number of hydrogen-bond acceptors (Lipinski definition) is 10. The van der Waals surface area contributed by atoms with Crippen LogP contribution in [0.3, 0.4) is 0 Å². The Balaban J connectivity index is -0.000000279. The van der Waals surface area contributed by atoms with E-state index in [1.54, 1.807) is 0 Å². The monoisotopic (exact) mass is 1460 g/mol. The summed E-state index contributed by atoms with van der Waals surface area (Å²) in [7, 11) is 0. The first-order valence-corrected chi connectivity index (χ1v) is 43.1. The van der Waals surface area contributed by atoms with Gasteiger partial charge in [0.2, 0.25) is 0 Å². The first-order valence-electron chi connectivity index (χ1n) is 43.1. The van der Waals surface area contributed by atoms with Crippen molar-refractivity contribution in [1.82, 2.24) is 0 Å². The van der Waals surface area contributed by atoms with E-state index in [2.05, 4.69) is 95.4 Å². The van der Waals surface area contributed by atoms with E-state index in [-0.39, 0.29) is 50.7 Å². The summed E-state index contributed by atoms with van der Waals surface area (Å²) in [6, 6.07) is 0. The first kappa shape index (κ1) is 109. The van der Waals surface area contributed by atoms with Crippen molar-refractivity contribution in [3.63, 3.8) is 0 Å². The third kappa shape index (κ3) is 130. The van der Waals surface area contributed by atoms with E-state index in [4.69, 9.17) is 0 Å². The van der Waals surface area contributed by atoms with E-state index in [9.17, 15) is 49.5 Å². The summed E-state index contributed by atoms with van der Waals surface area (Å²) in [6.07, 6.45) is 104.